The third-order valence-electron chi connectivity index (χ3n) is 5.53. The van der Waals surface area contributed by atoms with Gasteiger partial charge in [-0.05, 0) is 46.6 Å². The Morgan fingerprint density at radius 2 is 2.03 bits per heavy atom. The number of hydrogen-bond acceptors (Lipinski definition) is 9. The van der Waals surface area contributed by atoms with Crippen LogP contribution in [-0.4, -0.2) is 59.0 Å². The fourth-order valence-electron chi connectivity index (χ4n) is 4.16. The van der Waals surface area contributed by atoms with Gasteiger partial charge in [-0.2, -0.15) is 18.2 Å². The quantitative estimate of drug-likeness (QED) is 0.563. The molecule has 0 aromatic carbocycles. The van der Waals surface area contributed by atoms with Crippen LogP contribution in [0.4, 0.5) is 24.9 Å². The molecule has 2 aliphatic rings. The number of nitrogens with zero attached hydrogens (tertiary/aromatic N) is 3. The molecule has 2 N–H and O–H groups in total. The molecule has 4 rings (SSSR count). The Bertz CT molecular complexity index is 1090. The fourth-order valence-corrected chi connectivity index (χ4v) is 5.30. The number of nitrogens with one attached hydrogen (secondary N) is 2. The largest absolute Gasteiger partial charge is 0.405 e. The molecule has 0 saturated carbocycles. The van der Waals surface area contributed by atoms with Crippen LogP contribution in [0.2, 0.25) is 0 Å². The minimum absolute atomic E-state index is 0.114. The number of aryl methyl sites for hydroxylation is 2. The van der Waals surface area contributed by atoms with E-state index >= 15 is 0 Å². The van der Waals surface area contributed by atoms with Crippen LogP contribution in [0.3, 0.4) is 0 Å². The zero-order valence-electron chi connectivity index (χ0n) is 19.7. The summed E-state index contributed by atoms with van der Waals surface area (Å²) in [6, 6.07) is 0. The summed E-state index contributed by atoms with van der Waals surface area (Å²) in [5.74, 6) is -0.770. The van der Waals surface area contributed by atoms with Crippen LogP contribution in [0.25, 0.3) is 16.6 Å². The number of aromatic nitrogens is 3. The fraction of sp³-hybridized carbons (Fsp3) is 0.591. The second-order valence-electron chi connectivity index (χ2n) is 8.81. The summed E-state index contributed by atoms with van der Waals surface area (Å²) in [6.07, 6.45) is 0.996. The topological polar surface area (TPSA) is 90.4 Å². The molecule has 12 heteroatoms. The summed E-state index contributed by atoms with van der Waals surface area (Å²) < 4.78 is 56.1. The number of hydrogen-bond donors (Lipinski definition) is 2. The summed E-state index contributed by atoms with van der Waals surface area (Å²) in [7, 11) is 1.54. The van der Waals surface area contributed by atoms with E-state index in [1.807, 2.05) is 13.0 Å². The highest BCUT2D eigenvalue weighted by Crippen LogP contribution is 2.42. The number of rotatable bonds is 7. The molecule has 0 spiro atoms. The minimum atomic E-state index is -4.41. The van der Waals surface area contributed by atoms with Gasteiger partial charge >= 0.3 is 6.18 Å². The molecule has 0 bridgehead atoms. The molecule has 1 aliphatic heterocycles. The van der Waals surface area contributed by atoms with Crippen molar-refractivity contribution < 1.29 is 27.4 Å². The van der Waals surface area contributed by atoms with Gasteiger partial charge in [0, 0.05) is 7.11 Å². The molecule has 8 nitrogen and oxygen atoms in total. The molecule has 34 heavy (non-hydrogen) atoms. The summed E-state index contributed by atoms with van der Waals surface area (Å²) >= 11 is 1.49. The Hall–Kier alpha value is -2.28. The molecular formula is C22H28F3N5O3S. The van der Waals surface area contributed by atoms with Crippen molar-refractivity contribution in [2.75, 3.05) is 30.9 Å². The van der Waals surface area contributed by atoms with Crippen molar-refractivity contribution in [1.82, 2.24) is 15.0 Å². The van der Waals surface area contributed by atoms with E-state index in [1.54, 1.807) is 20.8 Å². The maximum atomic E-state index is 12.8. The highest BCUT2D eigenvalue weighted by Gasteiger charge is 2.52. The molecule has 1 saturated heterocycles. The third-order valence-corrected chi connectivity index (χ3v) is 6.61. The van der Waals surface area contributed by atoms with Crippen LogP contribution in [-0.2, 0) is 20.6 Å². The number of methoxy groups -OCH3 is 1. The van der Waals surface area contributed by atoms with E-state index in [-0.39, 0.29) is 18.4 Å². The second-order valence-corrected chi connectivity index (χ2v) is 9.84. The second kappa shape index (κ2) is 9.06. The van der Waals surface area contributed by atoms with Gasteiger partial charge in [-0.15, -0.1) is 11.3 Å². The molecule has 2 aromatic heterocycles. The molecule has 186 valence electrons. The Balaban J connectivity index is 1.80. The molecule has 0 amide bonds. The Morgan fingerprint density at radius 3 is 2.65 bits per heavy atom. The van der Waals surface area contributed by atoms with Crippen LogP contribution < -0.4 is 10.6 Å². The van der Waals surface area contributed by atoms with Crippen molar-refractivity contribution in [2.45, 2.75) is 64.3 Å². The van der Waals surface area contributed by atoms with Gasteiger partial charge in [-0.3, -0.25) is 0 Å². The first-order valence-corrected chi connectivity index (χ1v) is 11.7. The predicted octanol–water partition coefficient (Wildman–Crippen LogP) is 4.77. The van der Waals surface area contributed by atoms with Gasteiger partial charge in [0.2, 0.25) is 5.95 Å². The average molecular weight is 500 g/mol. The summed E-state index contributed by atoms with van der Waals surface area (Å²) in [6.45, 7) is 5.98. The van der Waals surface area contributed by atoms with Gasteiger partial charge in [-0.1, -0.05) is 6.08 Å². The monoisotopic (exact) mass is 499 g/mol. The Morgan fingerprint density at radius 1 is 1.26 bits per heavy atom. The van der Waals surface area contributed by atoms with Gasteiger partial charge in [0.25, 0.3) is 0 Å². The lowest BCUT2D eigenvalue weighted by Gasteiger charge is -2.33. The van der Waals surface area contributed by atoms with E-state index in [9.17, 15) is 13.2 Å². The third kappa shape index (κ3) is 5.19. The summed E-state index contributed by atoms with van der Waals surface area (Å²) in [5, 5.41) is 6.24. The number of alkyl halides is 3. The van der Waals surface area contributed by atoms with Gasteiger partial charge in [0.05, 0.1) is 28.4 Å². The summed E-state index contributed by atoms with van der Waals surface area (Å²) in [5.41, 5.74) is 0.928. The van der Waals surface area contributed by atoms with Crippen molar-refractivity contribution in [2.24, 2.45) is 0 Å². The number of allylic oxidation sites excluding steroid dienone is 1. The lowest BCUT2D eigenvalue weighted by atomic mass is 10.1. The lowest BCUT2D eigenvalue weighted by molar-refractivity contribution is -0.165. The SMILES string of the molecule is COC[C@@]1(Nc2nc(NCC(F)(F)F)nc(C)c2-c2nc3c(s2)C=CCC3)OC(C)(C)O[C@@H]1C. The first-order valence-electron chi connectivity index (χ1n) is 10.9. The number of fused-ring (bicyclic) bond motifs is 1. The van der Waals surface area contributed by atoms with Gasteiger partial charge in [-0.25, -0.2) is 9.97 Å². The molecule has 2 atom stereocenters. The molecule has 0 unspecified atom stereocenters. The van der Waals surface area contributed by atoms with Crippen LogP contribution in [0, 0.1) is 6.92 Å². The Labute approximate surface area is 199 Å². The number of thiazole rings is 1. The number of anilines is 2. The van der Waals surface area contributed by atoms with E-state index in [4.69, 9.17) is 19.2 Å². The minimum Gasteiger partial charge on any atom is -0.380 e. The molecule has 2 aromatic rings. The zero-order valence-corrected chi connectivity index (χ0v) is 20.5. The first-order chi connectivity index (χ1) is 15.9. The number of halogens is 3. The standard InChI is InChI=1S/C22H28F3N5O3S/c1-12-16(18-28-14-8-6-7-9-15(14)34-18)17(29-19(27-12)26-10-22(23,24)25)30-21(11-31-5)13(2)32-20(3,4)33-21/h7,9,13H,6,8,10-11H2,1-5H3,(H2,26,27,29,30)/t13-,21-/m1/s1. The molecular weight excluding hydrogens is 471 g/mol. The number of ether oxygens (including phenoxy) is 3. The van der Waals surface area contributed by atoms with E-state index < -0.39 is 30.3 Å². The highest BCUT2D eigenvalue weighted by atomic mass is 32.1. The maximum Gasteiger partial charge on any atom is 0.405 e. The predicted molar refractivity (Wildman–Crippen MR) is 124 cm³/mol. The van der Waals surface area contributed by atoms with E-state index in [2.05, 4.69) is 26.7 Å². The zero-order chi connectivity index (χ0) is 24.7. The van der Waals surface area contributed by atoms with E-state index in [0.717, 1.165) is 23.4 Å². The normalized spacial score (nSPS) is 23.7. The van der Waals surface area contributed by atoms with Crippen LogP contribution in [0.1, 0.15) is 43.5 Å². The smallest absolute Gasteiger partial charge is 0.380 e. The summed E-state index contributed by atoms with van der Waals surface area (Å²) in [4.78, 5) is 14.6. The molecule has 0 radical (unpaired) electrons. The Kier molecular flexibility index (Phi) is 6.62. The van der Waals surface area contributed by atoms with Crippen molar-refractivity contribution in [3.8, 4) is 10.6 Å². The van der Waals surface area contributed by atoms with Crippen molar-refractivity contribution in [3.05, 3.63) is 22.3 Å². The van der Waals surface area contributed by atoms with Crippen molar-refractivity contribution >= 4 is 29.2 Å². The molecule has 1 aliphatic carbocycles. The molecule has 3 heterocycles. The van der Waals surface area contributed by atoms with Crippen LogP contribution >= 0.6 is 11.3 Å². The van der Waals surface area contributed by atoms with Gasteiger partial charge in [0.15, 0.2) is 11.5 Å². The maximum absolute atomic E-state index is 12.8. The molecule has 1 fully saturated rings. The van der Waals surface area contributed by atoms with Crippen molar-refractivity contribution in [3.63, 3.8) is 0 Å². The van der Waals surface area contributed by atoms with Crippen LogP contribution in [0.15, 0.2) is 6.08 Å². The van der Waals surface area contributed by atoms with E-state index in [1.165, 1.54) is 18.4 Å². The lowest BCUT2D eigenvalue weighted by Crippen LogP contribution is -2.51. The average Bonchev–Trinajstić information content (AvgIpc) is 3.23. The van der Waals surface area contributed by atoms with Gasteiger partial charge in [0.1, 0.15) is 23.5 Å². The van der Waals surface area contributed by atoms with Gasteiger partial charge < -0.3 is 24.8 Å². The van der Waals surface area contributed by atoms with E-state index in [0.29, 0.717) is 16.3 Å². The highest BCUT2D eigenvalue weighted by molar-refractivity contribution is 7.16. The van der Waals surface area contributed by atoms with Crippen molar-refractivity contribution in [1.29, 1.82) is 0 Å². The first kappa shape index (κ1) is 24.8. The van der Waals surface area contributed by atoms with Crippen LogP contribution in [0.5, 0.6) is 0 Å².